The molecule has 84 valence electrons. The maximum absolute atomic E-state index is 13.5. The molecule has 15 heavy (non-hydrogen) atoms. The second kappa shape index (κ2) is 4.40. The lowest BCUT2D eigenvalue weighted by Gasteiger charge is -2.07. The van der Waals surface area contributed by atoms with Gasteiger partial charge in [-0.05, 0) is 18.4 Å². The number of sulfone groups is 1. The van der Waals surface area contributed by atoms with Crippen molar-refractivity contribution >= 4 is 27.3 Å². The standard InChI is InChI=1S/C9H12FNO2S2/c1-3-15(12,13)9-5-7(11)8(14-2)4-6(9)10/h4-5H,3,11H2,1-2H3. The van der Waals surface area contributed by atoms with Gasteiger partial charge in [-0.25, -0.2) is 12.8 Å². The first-order valence-electron chi connectivity index (χ1n) is 4.28. The van der Waals surface area contributed by atoms with Crippen molar-refractivity contribution < 1.29 is 12.8 Å². The highest BCUT2D eigenvalue weighted by molar-refractivity contribution is 7.98. The van der Waals surface area contributed by atoms with Gasteiger partial charge < -0.3 is 5.73 Å². The Bertz CT molecular complexity index is 471. The molecule has 0 saturated carbocycles. The molecule has 0 fully saturated rings. The van der Waals surface area contributed by atoms with Crippen LogP contribution in [-0.4, -0.2) is 20.4 Å². The van der Waals surface area contributed by atoms with Crippen LogP contribution in [0.15, 0.2) is 21.9 Å². The minimum atomic E-state index is -3.54. The molecule has 1 aromatic carbocycles. The lowest BCUT2D eigenvalue weighted by atomic mass is 10.3. The van der Waals surface area contributed by atoms with E-state index in [-0.39, 0.29) is 16.3 Å². The number of nitrogens with two attached hydrogens (primary N) is 1. The highest BCUT2D eigenvalue weighted by Gasteiger charge is 2.18. The quantitative estimate of drug-likeness (QED) is 0.657. The fourth-order valence-corrected chi connectivity index (χ4v) is 2.61. The number of rotatable bonds is 3. The molecule has 0 amide bonds. The molecule has 0 bridgehead atoms. The van der Waals surface area contributed by atoms with Gasteiger partial charge >= 0.3 is 0 Å². The van der Waals surface area contributed by atoms with Crippen LogP contribution in [-0.2, 0) is 9.84 Å². The van der Waals surface area contributed by atoms with Gasteiger partial charge in [-0.2, -0.15) is 0 Å². The van der Waals surface area contributed by atoms with Crippen LogP contribution >= 0.6 is 11.8 Å². The smallest absolute Gasteiger partial charge is 0.181 e. The maximum atomic E-state index is 13.5. The van der Waals surface area contributed by atoms with Gasteiger partial charge in [0, 0.05) is 10.6 Å². The van der Waals surface area contributed by atoms with Gasteiger partial charge in [0.05, 0.1) is 5.75 Å². The summed E-state index contributed by atoms with van der Waals surface area (Å²) >= 11 is 1.28. The number of benzene rings is 1. The molecule has 0 atom stereocenters. The van der Waals surface area contributed by atoms with Crippen molar-refractivity contribution in [3.8, 4) is 0 Å². The monoisotopic (exact) mass is 249 g/mol. The van der Waals surface area contributed by atoms with E-state index >= 15 is 0 Å². The normalized spacial score (nSPS) is 11.7. The summed E-state index contributed by atoms with van der Waals surface area (Å²) in [7, 11) is -3.54. The molecular weight excluding hydrogens is 237 g/mol. The van der Waals surface area contributed by atoms with Crippen LogP contribution in [0.2, 0.25) is 0 Å². The Morgan fingerprint density at radius 3 is 2.53 bits per heavy atom. The van der Waals surface area contributed by atoms with Crippen molar-refractivity contribution in [1.29, 1.82) is 0 Å². The minimum Gasteiger partial charge on any atom is -0.398 e. The summed E-state index contributed by atoms with van der Waals surface area (Å²) in [6.07, 6.45) is 1.75. The van der Waals surface area contributed by atoms with Crippen LogP contribution in [0.25, 0.3) is 0 Å². The predicted molar refractivity (Wildman–Crippen MR) is 60.3 cm³/mol. The Labute approximate surface area is 92.8 Å². The third-order valence-electron chi connectivity index (χ3n) is 2.00. The number of thioether (sulfide) groups is 1. The number of hydrogen-bond acceptors (Lipinski definition) is 4. The zero-order valence-electron chi connectivity index (χ0n) is 8.45. The largest absolute Gasteiger partial charge is 0.398 e. The third-order valence-corrected chi connectivity index (χ3v) is 4.54. The van der Waals surface area contributed by atoms with Crippen LogP contribution in [0.1, 0.15) is 6.92 Å². The van der Waals surface area contributed by atoms with Gasteiger partial charge in [0.15, 0.2) is 9.84 Å². The average Bonchev–Trinajstić information content (AvgIpc) is 2.20. The number of nitrogen functional groups attached to an aromatic ring is 1. The molecule has 0 aliphatic rings. The second-order valence-corrected chi connectivity index (χ2v) is 6.02. The SMILES string of the molecule is CCS(=O)(=O)c1cc(N)c(SC)cc1F. The van der Waals surface area contributed by atoms with E-state index in [9.17, 15) is 12.8 Å². The lowest BCUT2D eigenvalue weighted by Crippen LogP contribution is -2.07. The molecule has 0 saturated heterocycles. The van der Waals surface area contributed by atoms with Crippen molar-refractivity contribution in [2.24, 2.45) is 0 Å². The molecule has 2 N–H and O–H groups in total. The highest BCUT2D eigenvalue weighted by Crippen LogP contribution is 2.28. The molecule has 0 aromatic heterocycles. The van der Waals surface area contributed by atoms with E-state index in [2.05, 4.69) is 0 Å². The van der Waals surface area contributed by atoms with E-state index < -0.39 is 15.7 Å². The molecule has 1 aromatic rings. The van der Waals surface area contributed by atoms with Crippen LogP contribution in [0.3, 0.4) is 0 Å². The molecule has 0 aliphatic carbocycles. The van der Waals surface area contributed by atoms with Crippen LogP contribution < -0.4 is 5.73 Å². The van der Waals surface area contributed by atoms with E-state index in [0.717, 1.165) is 6.07 Å². The summed E-state index contributed by atoms with van der Waals surface area (Å²) < 4.78 is 36.4. The van der Waals surface area contributed by atoms with Gasteiger partial charge in [0.1, 0.15) is 10.7 Å². The Kier molecular flexibility index (Phi) is 3.62. The molecule has 0 spiro atoms. The topological polar surface area (TPSA) is 60.2 Å². The third kappa shape index (κ3) is 2.43. The predicted octanol–water partition coefficient (Wildman–Crippen LogP) is 1.92. The van der Waals surface area contributed by atoms with Crippen molar-refractivity contribution in [2.75, 3.05) is 17.7 Å². The number of halogens is 1. The van der Waals surface area contributed by atoms with E-state index in [4.69, 9.17) is 5.73 Å². The molecule has 0 aliphatic heterocycles. The van der Waals surface area contributed by atoms with Crippen molar-refractivity contribution in [3.05, 3.63) is 17.9 Å². The lowest BCUT2D eigenvalue weighted by molar-refractivity contribution is 0.566. The van der Waals surface area contributed by atoms with Crippen LogP contribution in [0.5, 0.6) is 0 Å². The van der Waals surface area contributed by atoms with Crippen LogP contribution in [0.4, 0.5) is 10.1 Å². The van der Waals surface area contributed by atoms with Gasteiger partial charge in [-0.3, -0.25) is 0 Å². The molecule has 3 nitrogen and oxygen atoms in total. The number of anilines is 1. The second-order valence-electron chi connectivity index (χ2n) is 2.93. The van der Waals surface area contributed by atoms with E-state index in [1.165, 1.54) is 24.8 Å². The molecule has 0 radical (unpaired) electrons. The summed E-state index contributed by atoms with van der Waals surface area (Å²) in [5.74, 6) is -0.877. The van der Waals surface area contributed by atoms with Crippen molar-refractivity contribution in [2.45, 2.75) is 16.7 Å². The zero-order chi connectivity index (χ0) is 11.6. The minimum absolute atomic E-state index is 0.137. The number of hydrogen-bond donors (Lipinski definition) is 1. The van der Waals surface area contributed by atoms with E-state index in [0.29, 0.717) is 4.90 Å². The van der Waals surface area contributed by atoms with Crippen LogP contribution in [0, 0.1) is 5.82 Å². The van der Waals surface area contributed by atoms with Crippen molar-refractivity contribution in [1.82, 2.24) is 0 Å². The first kappa shape index (κ1) is 12.3. The maximum Gasteiger partial charge on any atom is 0.181 e. The van der Waals surface area contributed by atoms with Gasteiger partial charge in [0.2, 0.25) is 0 Å². The first-order chi connectivity index (χ1) is 6.92. The van der Waals surface area contributed by atoms with Gasteiger partial charge in [-0.15, -0.1) is 11.8 Å². The summed E-state index contributed by atoms with van der Waals surface area (Å²) in [6.45, 7) is 1.47. The molecule has 0 heterocycles. The van der Waals surface area contributed by atoms with Crippen molar-refractivity contribution in [3.63, 3.8) is 0 Å². The average molecular weight is 249 g/mol. The highest BCUT2D eigenvalue weighted by atomic mass is 32.2. The Morgan fingerprint density at radius 1 is 1.47 bits per heavy atom. The fraction of sp³-hybridized carbons (Fsp3) is 0.333. The van der Waals surface area contributed by atoms with Gasteiger partial charge in [0.25, 0.3) is 0 Å². The summed E-state index contributed by atoms with van der Waals surface area (Å²) in [5.41, 5.74) is 5.89. The summed E-state index contributed by atoms with van der Waals surface area (Å²) in [6, 6.07) is 2.34. The fourth-order valence-electron chi connectivity index (χ4n) is 1.12. The Morgan fingerprint density at radius 2 is 2.07 bits per heavy atom. The summed E-state index contributed by atoms with van der Waals surface area (Å²) in [5, 5.41) is 0. The van der Waals surface area contributed by atoms with E-state index in [1.54, 1.807) is 6.26 Å². The van der Waals surface area contributed by atoms with Gasteiger partial charge in [-0.1, -0.05) is 6.92 Å². The molecule has 6 heteroatoms. The van der Waals surface area contributed by atoms with E-state index in [1.807, 2.05) is 0 Å². The summed E-state index contributed by atoms with van der Waals surface area (Å²) in [4.78, 5) is 0.225. The zero-order valence-corrected chi connectivity index (χ0v) is 10.1. The Hall–Kier alpha value is -0.750. The molecular formula is C9H12FNO2S2. The Balaban J connectivity index is 3.41. The molecule has 1 rings (SSSR count). The first-order valence-corrected chi connectivity index (χ1v) is 7.15. The molecule has 0 unspecified atom stereocenters.